The first kappa shape index (κ1) is 18.6. The van der Waals surface area contributed by atoms with Crippen LogP contribution in [-0.2, 0) is 26.6 Å². The van der Waals surface area contributed by atoms with Crippen LogP contribution >= 0.6 is 0 Å². The zero-order valence-electron chi connectivity index (χ0n) is 17.2. The van der Waals surface area contributed by atoms with E-state index < -0.39 is 0 Å². The maximum atomic E-state index is 5.29. The molecule has 0 aliphatic carbocycles. The largest absolute Gasteiger partial charge is 0.472 e. The Balaban J connectivity index is 1.31. The summed E-state index contributed by atoms with van der Waals surface area (Å²) in [4.78, 5) is 9.82. The molecule has 0 saturated carbocycles. The van der Waals surface area contributed by atoms with Gasteiger partial charge in [-0.15, -0.1) is 0 Å². The number of imidazole rings is 1. The number of hydrogen-bond acceptors (Lipinski definition) is 4. The molecule has 5 heteroatoms. The fourth-order valence-electron chi connectivity index (χ4n) is 5.43. The van der Waals surface area contributed by atoms with Crippen molar-refractivity contribution in [3.63, 3.8) is 0 Å². The van der Waals surface area contributed by atoms with Gasteiger partial charge in [-0.3, -0.25) is 9.80 Å². The Morgan fingerprint density at radius 1 is 1.03 bits per heavy atom. The molecule has 152 valence electrons. The van der Waals surface area contributed by atoms with E-state index in [0.29, 0.717) is 5.41 Å². The maximum absolute atomic E-state index is 5.29. The van der Waals surface area contributed by atoms with Crippen molar-refractivity contribution in [2.45, 2.75) is 25.9 Å². The van der Waals surface area contributed by atoms with E-state index in [4.69, 9.17) is 4.42 Å². The molecule has 2 aromatic heterocycles. The highest BCUT2D eigenvalue weighted by molar-refractivity contribution is 5.17. The van der Waals surface area contributed by atoms with Crippen LogP contribution in [0.4, 0.5) is 0 Å². The fraction of sp³-hybridized carbons (Fsp3) is 0.458. The maximum Gasteiger partial charge on any atom is 0.122 e. The molecule has 0 spiro atoms. The summed E-state index contributed by atoms with van der Waals surface area (Å²) in [5.74, 6) is 1.89. The van der Waals surface area contributed by atoms with Crippen LogP contribution in [0.25, 0.3) is 0 Å². The van der Waals surface area contributed by atoms with Crippen molar-refractivity contribution in [1.82, 2.24) is 19.4 Å². The SMILES string of the molecule is Cn1ccnc1CN1CC2CN(Cc3ccoc3)CC2(CCc2ccccc2)C1. The average Bonchev–Trinajstić information content (AvgIpc) is 3.48. The molecule has 2 saturated heterocycles. The van der Waals surface area contributed by atoms with Crippen molar-refractivity contribution < 1.29 is 4.42 Å². The van der Waals surface area contributed by atoms with Crippen LogP contribution in [0.2, 0.25) is 0 Å². The molecule has 4 heterocycles. The molecule has 3 aromatic rings. The van der Waals surface area contributed by atoms with E-state index in [0.717, 1.165) is 25.4 Å². The zero-order chi connectivity index (χ0) is 19.7. The molecule has 0 bridgehead atoms. The van der Waals surface area contributed by atoms with Crippen molar-refractivity contribution in [1.29, 1.82) is 0 Å². The topological polar surface area (TPSA) is 37.4 Å². The Kier molecular flexibility index (Phi) is 5.02. The van der Waals surface area contributed by atoms with Gasteiger partial charge in [-0.2, -0.15) is 0 Å². The van der Waals surface area contributed by atoms with Crippen LogP contribution in [0, 0.1) is 11.3 Å². The lowest BCUT2D eigenvalue weighted by atomic mass is 9.76. The van der Waals surface area contributed by atoms with E-state index in [1.54, 1.807) is 6.26 Å². The molecule has 0 amide bonds. The first-order valence-electron chi connectivity index (χ1n) is 10.7. The van der Waals surface area contributed by atoms with Crippen LogP contribution in [0.1, 0.15) is 23.4 Å². The zero-order valence-corrected chi connectivity index (χ0v) is 17.2. The average molecular weight is 391 g/mol. The summed E-state index contributed by atoms with van der Waals surface area (Å²) in [6, 6.07) is 13.1. The van der Waals surface area contributed by atoms with E-state index >= 15 is 0 Å². The number of benzene rings is 1. The van der Waals surface area contributed by atoms with E-state index in [9.17, 15) is 0 Å². The first-order chi connectivity index (χ1) is 14.2. The van der Waals surface area contributed by atoms with Crippen molar-refractivity contribution in [2.75, 3.05) is 26.2 Å². The Hall–Kier alpha value is -2.37. The second kappa shape index (κ2) is 7.81. The summed E-state index contributed by atoms with van der Waals surface area (Å²) in [5.41, 5.74) is 3.11. The van der Waals surface area contributed by atoms with E-state index in [1.165, 1.54) is 49.6 Å². The highest BCUT2D eigenvalue weighted by Crippen LogP contribution is 2.46. The van der Waals surface area contributed by atoms with Crippen molar-refractivity contribution >= 4 is 0 Å². The van der Waals surface area contributed by atoms with Gasteiger partial charge >= 0.3 is 0 Å². The van der Waals surface area contributed by atoms with Crippen LogP contribution in [0.15, 0.2) is 65.7 Å². The number of likely N-dealkylation sites (tertiary alicyclic amines) is 2. The number of rotatable bonds is 7. The minimum Gasteiger partial charge on any atom is -0.472 e. The van der Waals surface area contributed by atoms with Gasteiger partial charge in [0.05, 0.1) is 19.1 Å². The Morgan fingerprint density at radius 2 is 1.83 bits per heavy atom. The molecule has 2 atom stereocenters. The summed E-state index contributed by atoms with van der Waals surface area (Å²) >= 11 is 0. The van der Waals surface area contributed by atoms with E-state index in [1.807, 2.05) is 18.7 Å². The lowest BCUT2D eigenvalue weighted by Crippen LogP contribution is -2.34. The third-order valence-electron chi connectivity index (χ3n) is 6.93. The Bertz CT molecular complexity index is 920. The third-order valence-corrected chi connectivity index (χ3v) is 6.93. The Morgan fingerprint density at radius 3 is 2.52 bits per heavy atom. The first-order valence-corrected chi connectivity index (χ1v) is 10.7. The molecule has 5 nitrogen and oxygen atoms in total. The number of nitrogens with zero attached hydrogens (tertiary/aromatic N) is 4. The summed E-state index contributed by atoms with van der Waals surface area (Å²) < 4.78 is 7.44. The van der Waals surface area contributed by atoms with Gasteiger partial charge in [0.15, 0.2) is 0 Å². The Labute approximate surface area is 173 Å². The molecule has 1 aromatic carbocycles. The van der Waals surface area contributed by atoms with Crippen molar-refractivity contribution in [2.24, 2.45) is 18.4 Å². The molecule has 2 aliphatic heterocycles. The van der Waals surface area contributed by atoms with Gasteiger partial charge in [0, 0.05) is 63.1 Å². The number of fused-ring (bicyclic) bond motifs is 1. The van der Waals surface area contributed by atoms with E-state index in [2.05, 4.69) is 62.8 Å². The van der Waals surface area contributed by atoms with Crippen LogP contribution in [0.3, 0.4) is 0 Å². The quantitative estimate of drug-likeness (QED) is 0.618. The molecule has 2 aliphatic rings. The molecule has 2 unspecified atom stereocenters. The van der Waals surface area contributed by atoms with Gasteiger partial charge in [-0.05, 0) is 30.4 Å². The molecule has 0 N–H and O–H groups in total. The number of aromatic nitrogens is 2. The van der Waals surface area contributed by atoms with Gasteiger partial charge in [0.25, 0.3) is 0 Å². The number of aryl methyl sites for hydroxylation is 2. The van der Waals surface area contributed by atoms with Gasteiger partial charge in [0.2, 0.25) is 0 Å². The summed E-state index contributed by atoms with van der Waals surface area (Å²) in [6.07, 6.45) is 10.0. The van der Waals surface area contributed by atoms with Crippen LogP contribution in [-0.4, -0.2) is 45.5 Å². The van der Waals surface area contributed by atoms with E-state index in [-0.39, 0.29) is 0 Å². The monoisotopic (exact) mass is 390 g/mol. The molecule has 2 fully saturated rings. The summed E-state index contributed by atoms with van der Waals surface area (Å²) in [7, 11) is 2.09. The van der Waals surface area contributed by atoms with Crippen LogP contribution in [0.5, 0.6) is 0 Å². The van der Waals surface area contributed by atoms with Gasteiger partial charge in [-0.25, -0.2) is 4.98 Å². The van der Waals surface area contributed by atoms with Gasteiger partial charge in [-0.1, -0.05) is 30.3 Å². The molecular weight excluding hydrogens is 360 g/mol. The normalized spacial score (nSPS) is 24.9. The van der Waals surface area contributed by atoms with Crippen molar-refractivity contribution in [3.8, 4) is 0 Å². The second-order valence-corrected chi connectivity index (χ2v) is 8.97. The molecular formula is C24H30N4O. The lowest BCUT2D eigenvalue weighted by molar-refractivity contribution is 0.192. The smallest absolute Gasteiger partial charge is 0.122 e. The molecule has 0 radical (unpaired) electrons. The van der Waals surface area contributed by atoms with Crippen molar-refractivity contribution in [3.05, 3.63) is 78.3 Å². The minimum absolute atomic E-state index is 0.366. The highest BCUT2D eigenvalue weighted by atomic mass is 16.3. The lowest BCUT2D eigenvalue weighted by Gasteiger charge is -2.30. The predicted octanol–water partition coefficient (Wildman–Crippen LogP) is 3.58. The summed E-state index contributed by atoms with van der Waals surface area (Å²) in [5, 5.41) is 0. The van der Waals surface area contributed by atoms with Gasteiger partial charge < -0.3 is 8.98 Å². The standard InChI is InChI=1S/C24H30N4O/c1-26-11-10-25-23(26)16-28-15-22-14-27(13-21-8-12-29-17-21)18-24(22,19-28)9-7-20-5-3-2-4-6-20/h2-6,8,10-12,17,22H,7,9,13-16,18-19H2,1H3. The molecule has 29 heavy (non-hydrogen) atoms. The third kappa shape index (κ3) is 3.89. The summed E-state index contributed by atoms with van der Waals surface area (Å²) in [6.45, 7) is 6.64. The predicted molar refractivity (Wildman–Crippen MR) is 113 cm³/mol. The molecule has 5 rings (SSSR count). The number of furan rings is 1. The van der Waals surface area contributed by atoms with Crippen LogP contribution < -0.4 is 0 Å². The second-order valence-electron chi connectivity index (χ2n) is 8.97. The highest BCUT2D eigenvalue weighted by Gasteiger charge is 2.51. The number of hydrogen-bond donors (Lipinski definition) is 0. The van der Waals surface area contributed by atoms with Gasteiger partial charge in [0.1, 0.15) is 5.82 Å². The minimum atomic E-state index is 0.366. The fourth-order valence-corrected chi connectivity index (χ4v) is 5.43.